The van der Waals surface area contributed by atoms with Crippen LogP contribution in [0.15, 0.2) is 18.2 Å². The lowest BCUT2D eigenvalue weighted by atomic mass is 9.97. The van der Waals surface area contributed by atoms with Crippen molar-refractivity contribution in [2.75, 3.05) is 6.54 Å². The van der Waals surface area contributed by atoms with E-state index in [4.69, 9.17) is 4.74 Å². The van der Waals surface area contributed by atoms with Gasteiger partial charge in [0.1, 0.15) is 17.2 Å². The summed E-state index contributed by atoms with van der Waals surface area (Å²) in [7, 11) is -3.83. The molecule has 3 N–H and O–H groups in total. The summed E-state index contributed by atoms with van der Waals surface area (Å²) in [5, 5.41) is 5.86. The van der Waals surface area contributed by atoms with Gasteiger partial charge in [0.05, 0.1) is 17.8 Å². The Hall–Kier alpha value is -3.19. The lowest BCUT2D eigenvalue weighted by Gasteiger charge is -2.33. The van der Waals surface area contributed by atoms with Gasteiger partial charge in [-0.15, -0.1) is 0 Å². The number of ether oxygens (including phenoxy) is 1. The number of amides is 4. The SMILES string of the molecule is CC[C@@H]1C[C@]1(NC(=O)[C@@H]1C[C@]2(C)CN1C(=O)[C@H](C(C)C)NC(C)CCCCCCc1cccc3c1CN(C3)C(=O)O2)C(=O)NS(=O)(=O)C1CC1. The summed E-state index contributed by atoms with van der Waals surface area (Å²) < 4.78 is 33.8. The van der Waals surface area contributed by atoms with Crippen molar-refractivity contribution >= 4 is 33.8 Å². The number of nitrogens with zero attached hydrogens (tertiary/aromatic N) is 2. The fourth-order valence-electron chi connectivity index (χ4n) is 8.26. The number of benzene rings is 1. The second-order valence-electron chi connectivity index (χ2n) is 16.1. The van der Waals surface area contributed by atoms with Gasteiger partial charge in [-0.2, -0.15) is 0 Å². The van der Waals surface area contributed by atoms with Crippen molar-refractivity contribution < 1.29 is 32.3 Å². The summed E-state index contributed by atoms with van der Waals surface area (Å²) in [4.78, 5) is 59.3. The van der Waals surface area contributed by atoms with Crippen molar-refractivity contribution in [1.29, 1.82) is 0 Å². The summed E-state index contributed by atoms with van der Waals surface area (Å²) in [6.45, 7) is 10.6. The van der Waals surface area contributed by atoms with E-state index in [0.29, 0.717) is 38.8 Å². The second kappa shape index (κ2) is 14.1. The maximum Gasteiger partial charge on any atom is 0.410 e. The van der Waals surface area contributed by atoms with Gasteiger partial charge in [0.15, 0.2) is 0 Å². The molecule has 12 nitrogen and oxygen atoms in total. The van der Waals surface area contributed by atoms with Crippen LogP contribution in [0.2, 0.25) is 0 Å². The molecular weight excluding hydrogens is 659 g/mol. The van der Waals surface area contributed by atoms with E-state index in [1.165, 1.54) is 16.0 Å². The average Bonchev–Trinajstić information content (AvgIpc) is 3.96. The van der Waals surface area contributed by atoms with Crippen molar-refractivity contribution in [1.82, 2.24) is 25.2 Å². The highest BCUT2D eigenvalue weighted by molar-refractivity contribution is 7.91. The normalized spacial score (nSPS) is 32.2. The van der Waals surface area contributed by atoms with Gasteiger partial charge in [-0.25, -0.2) is 13.2 Å². The molecular formula is C37H55N5O7S. The minimum atomic E-state index is -3.83. The van der Waals surface area contributed by atoms with Crippen LogP contribution in [0.25, 0.3) is 0 Å². The predicted octanol–water partition coefficient (Wildman–Crippen LogP) is 3.90. The monoisotopic (exact) mass is 713 g/mol. The van der Waals surface area contributed by atoms with Gasteiger partial charge < -0.3 is 20.3 Å². The number of sulfonamides is 1. The van der Waals surface area contributed by atoms with E-state index in [9.17, 15) is 27.6 Å². The van der Waals surface area contributed by atoms with Crippen LogP contribution >= 0.6 is 0 Å². The highest BCUT2D eigenvalue weighted by Gasteiger charge is 2.62. The Labute approximate surface area is 296 Å². The van der Waals surface area contributed by atoms with Crippen LogP contribution in [0, 0.1) is 11.8 Å². The molecule has 13 heteroatoms. The molecule has 2 saturated carbocycles. The Balaban J connectivity index is 1.27. The highest BCUT2D eigenvalue weighted by Crippen LogP contribution is 2.47. The Bertz CT molecular complexity index is 1610. The fourth-order valence-corrected chi connectivity index (χ4v) is 9.62. The fraction of sp³-hybridized carbons (Fsp3) is 0.730. The molecule has 1 unspecified atom stereocenters. The first kappa shape index (κ1) is 36.6. The number of fused-ring (bicyclic) bond motifs is 3. The minimum absolute atomic E-state index is 0.00738. The molecule has 0 spiro atoms. The van der Waals surface area contributed by atoms with E-state index in [1.807, 2.05) is 20.8 Å². The topological polar surface area (TPSA) is 154 Å². The first-order chi connectivity index (χ1) is 23.7. The van der Waals surface area contributed by atoms with Gasteiger partial charge in [-0.3, -0.25) is 24.0 Å². The van der Waals surface area contributed by atoms with E-state index in [1.54, 1.807) is 11.8 Å². The molecule has 3 fully saturated rings. The average molecular weight is 714 g/mol. The molecule has 6 rings (SSSR count). The molecule has 4 bridgehead atoms. The van der Waals surface area contributed by atoms with Crippen molar-refractivity contribution in [2.24, 2.45) is 11.8 Å². The van der Waals surface area contributed by atoms with E-state index in [-0.39, 0.29) is 36.8 Å². The predicted molar refractivity (Wildman–Crippen MR) is 188 cm³/mol. The highest BCUT2D eigenvalue weighted by atomic mass is 32.2. The van der Waals surface area contributed by atoms with E-state index < -0.39 is 56.4 Å². The van der Waals surface area contributed by atoms with Crippen LogP contribution in [0.3, 0.4) is 0 Å². The summed E-state index contributed by atoms with van der Waals surface area (Å²) >= 11 is 0. The lowest BCUT2D eigenvalue weighted by Crippen LogP contribution is -2.59. The molecule has 6 atom stereocenters. The maximum atomic E-state index is 14.5. The first-order valence-corrected chi connectivity index (χ1v) is 20.2. The molecule has 4 amide bonds. The third kappa shape index (κ3) is 7.54. The molecule has 0 radical (unpaired) electrons. The van der Waals surface area contributed by atoms with Gasteiger partial charge in [0, 0.05) is 25.6 Å². The zero-order chi connectivity index (χ0) is 36.0. The smallest absolute Gasteiger partial charge is 0.410 e. The number of nitrogens with one attached hydrogen (secondary N) is 3. The van der Waals surface area contributed by atoms with Crippen molar-refractivity contribution in [3.63, 3.8) is 0 Å². The second-order valence-corrected chi connectivity index (χ2v) is 18.1. The molecule has 0 aromatic heterocycles. The Morgan fingerprint density at radius 1 is 1.04 bits per heavy atom. The van der Waals surface area contributed by atoms with E-state index in [2.05, 4.69) is 40.5 Å². The molecule has 1 saturated heterocycles. The van der Waals surface area contributed by atoms with Gasteiger partial charge in [-0.1, -0.05) is 64.7 Å². The molecule has 1 aromatic carbocycles. The van der Waals surface area contributed by atoms with Gasteiger partial charge in [-0.05, 0) is 80.9 Å². The number of carbonyl (C=O) groups excluding carboxylic acids is 4. The molecule has 1 aromatic rings. The third-order valence-electron chi connectivity index (χ3n) is 11.5. The molecule has 50 heavy (non-hydrogen) atoms. The van der Waals surface area contributed by atoms with Crippen LogP contribution in [-0.2, 0) is 48.7 Å². The van der Waals surface area contributed by atoms with Crippen LogP contribution in [0.4, 0.5) is 4.79 Å². The number of rotatable bonds is 7. The van der Waals surface area contributed by atoms with Crippen molar-refractivity contribution in [3.05, 3.63) is 34.9 Å². The maximum absolute atomic E-state index is 14.5. The molecule has 276 valence electrons. The van der Waals surface area contributed by atoms with Crippen LogP contribution in [0.1, 0.15) is 116 Å². The molecule has 5 aliphatic rings. The Morgan fingerprint density at radius 2 is 1.76 bits per heavy atom. The lowest BCUT2D eigenvalue weighted by molar-refractivity contribution is -0.142. The molecule has 2 aliphatic carbocycles. The van der Waals surface area contributed by atoms with Crippen LogP contribution < -0.4 is 15.4 Å². The van der Waals surface area contributed by atoms with Crippen molar-refractivity contribution in [3.8, 4) is 0 Å². The van der Waals surface area contributed by atoms with Gasteiger partial charge >= 0.3 is 6.09 Å². The van der Waals surface area contributed by atoms with Crippen molar-refractivity contribution in [2.45, 2.75) is 153 Å². The molecule has 3 heterocycles. The summed E-state index contributed by atoms with van der Waals surface area (Å²) in [6.07, 6.45) is 7.57. The zero-order valence-electron chi connectivity index (χ0n) is 30.3. The summed E-state index contributed by atoms with van der Waals surface area (Å²) in [5.74, 6) is -1.88. The quantitative estimate of drug-likeness (QED) is 0.385. The zero-order valence-corrected chi connectivity index (χ0v) is 31.1. The molecule has 3 aliphatic heterocycles. The largest absolute Gasteiger partial charge is 0.441 e. The number of aryl methyl sites for hydroxylation is 1. The van der Waals surface area contributed by atoms with Gasteiger partial charge in [0.2, 0.25) is 21.8 Å². The summed E-state index contributed by atoms with van der Waals surface area (Å²) in [6, 6.07) is 4.70. The summed E-state index contributed by atoms with van der Waals surface area (Å²) in [5.41, 5.74) is 0.987. The van der Waals surface area contributed by atoms with Crippen LogP contribution in [-0.4, -0.2) is 83.1 Å². The Kier molecular flexibility index (Phi) is 10.3. The first-order valence-electron chi connectivity index (χ1n) is 18.7. The van der Waals surface area contributed by atoms with E-state index in [0.717, 1.165) is 44.1 Å². The number of hydrogen-bond donors (Lipinski definition) is 3. The third-order valence-corrected chi connectivity index (χ3v) is 13.4. The van der Waals surface area contributed by atoms with E-state index >= 15 is 0 Å². The number of carbonyl (C=O) groups is 4. The Morgan fingerprint density at radius 3 is 2.44 bits per heavy atom. The number of hydrogen-bond acceptors (Lipinski definition) is 8. The standard InChI is InChI=1S/C37H55N5O7S/c1-6-27-18-37(27,34(45)40-50(47,48)28-16-17-28)39-32(43)30-19-36(5)22-42(30)33(44)31(23(2)3)38-24(4)12-9-7-8-10-13-25-14-11-15-26-20-41(21-29(25)26)35(46)49-36/h11,14-15,23-24,27-28,30-31,38H,6-10,12-13,16-22H2,1-5H3,(H,39,43)(H,40,45)/t24?,27-,30+,31+,36-,37-/m1/s1. The van der Waals surface area contributed by atoms with Gasteiger partial charge in [0.25, 0.3) is 5.91 Å². The minimum Gasteiger partial charge on any atom is -0.441 e. The van der Waals surface area contributed by atoms with Crippen LogP contribution in [0.5, 0.6) is 0 Å².